The van der Waals surface area contributed by atoms with Gasteiger partial charge in [0.1, 0.15) is 18.5 Å². The van der Waals surface area contributed by atoms with E-state index in [2.05, 4.69) is 25.7 Å². The Morgan fingerprint density at radius 3 is 2.90 bits per heavy atom. The van der Waals surface area contributed by atoms with Crippen molar-refractivity contribution in [2.75, 3.05) is 31.6 Å². The lowest BCUT2D eigenvalue weighted by Gasteiger charge is -2.38. The summed E-state index contributed by atoms with van der Waals surface area (Å²) in [6, 6.07) is 11.6. The predicted octanol–water partition coefficient (Wildman–Crippen LogP) is 3.41. The summed E-state index contributed by atoms with van der Waals surface area (Å²) in [6.45, 7) is 0.734. The van der Waals surface area contributed by atoms with E-state index in [9.17, 15) is 13.6 Å². The normalized spacial score (nSPS) is 18.3. The maximum Gasteiger partial charge on any atom is 0.242 e. The lowest BCUT2D eigenvalue weighted by atomic mass is 9.98. The second kappa shape index (κ2) is 9.21. The fourth-order valence-corrected chi connectivity index (χ4v) is 4.07. The molecule has 158 valence electrons. The Morgan fingerprint density at radius 1 is 1.27 bits per heavy atom. The van der Waals surface area contributed by atoms with Gasteiger partial charge in [-0.05, 0) is 55.3 Å². The number of aromatic nitrogens is 2. The van der Waals surface area contributed by atoms with Crippen LogP contribution in [0.25, 0.3) is 10.9 Å². The molecular formula is C22H25F2N5O. The van der Waals surface area contributed by atoms with Crippen LogP contribution in [-0.4, -0.2) is 53.4 Å². The van der Waals surface area contributed by atoms with Crippen LogP contribution in [-0.2, 0) is 4.79 Å². The van der Waals surface area contributed by atoms with Gasteiger partial charge in [0.2, 0.25) is 5.91 Å². The van der Waals surface area contributed by atoms with E-state index in [4.69, 9.17) is 0 Å². The van der Waals surface area contributed by atoms with E-state index in [0.29, 0.717) is 12.1 Å². The summed E-state index contributed by atoms with van der Waals surface area (Å²) in [5, 5.41) is 14.2. The smallest absolute Gasteiger partial charge is 0.242 e. The van der Waals surface area contributed by atoms with Crippen molar-refractivity contribution in [1.29, 1.82) is 0 Å². The first-order chi connectivity index (χ1) is 14.6. The molecule has 1 aliphatic rings. The molecule has 0 spiro atoms. The van der Waals surface area contributed by atoms with Crippen LogP contribution in [0, 0.1) is 5.82 Å². The summed E-state index contributed by atoms with van der Waals surface area (Å²) in [5.41, 5.74) is 2.68. The topological polar surface area (TPSA) is 73.1 Å². The largest absolute Gasteiger partial charge is 0.381 e. The number of H-pyrrole nitrogens is 1. The molecule has 2 unspecified atom stereocenters. The Kier molecular flexibility index (Phi) is 6.23. The molecule has 3 N–H and O–H groups in total. The minimum Gasteiger partial charge on any atom is -0.381 e. The molecule has 2 aromatic carbocycles. The highest BCUT2D eigenvalue weighted by Gasteiger charge is 2.31. The molecule has 1 amide bonds. The molecule has 3 aromatic rings. The van der Waals surface area contributed by atoms with E-state index in [-0.39, 0.29) is 24.3 Å². The van der Waals surface area contributed by atoms with Crippen LogP contribution in [0.4, 0.5) is 14.5 Å². The third-order valence-electron chi connectivity index (χ3n) is 5.46. The molecule has 1 saturated heterocycles. The van der Waals surface area contributed by atoms with E-state index < -0.39 is 12.7 Å². The third-order valence-corrected chi connectivity index (χ3v) is 5.46. The summed E-state index contributed by atoms with van der Waals surface area (Å²) in [5.74, 6) is -0.616. The third kappa shape index (κ3) is 4.59. The lowest BCUT2D eigenvalue weighted by molar-refractivity contribution is -0.127. The van der Waals surface area contributed by atoms with Gasteiger partial charge < -0.3 is 10.6 Å². The maximum atomic E-state index is 13.4. The number of carbonyl (C=O) groups excluding carboxylic acids is 1. The number of nitrogens with zero attached hydrogens (tertiary/aromatic N) is 2. The Morgan fingerprint density at radius 2 is 2.10 bits per heavy atom. The average Bonchev–Trinajstić information content (AvgIpc) is 3.22. The van der Waals surface area contributed by atoms with E-state index >= 15 is 0 Å². The van der Waals surface area contributed by atoms with E-state index in [1.165, 1.54) is 12.1 Å². The van der Waals surface area contributed by atoms with Crippen molar-refractivity contribution >= 4 is 22.5 Å². The SMILES string of the molecule is O=C(NCCF)C(c1ccc(F)cc1)N1CCCC(Nc2ccc3[nH]ncc3c2)C1. The van der Waals surface area contributed by atoms with Crippen molar-refractivity contribution in [3.05, 3.63) is 60.0 Å². The molecule has 1 aliphatic heterocycles. The average molecular weight is 413 g/mol. The number of carbonyl (C=O) groups is 1. The Hall–Kier alpha value is -3.00. The molecule has 1 aromatic heterocycles. The van der Waals surface area contributed by atoms with Gasteiger partial charge in [0, 0.05) is 30.2 Å². The summed E-state index contributed by atoms with van der Waals surface area (Å²) in [6.07, 6.45) is 3.68. The number of aromatic amines is 1. The van der Waals surface area contributed by atoms with Crippen molar-refractivity contribution in [2.24, 2.45) is 0 Å². The first-order valence-corrected chi connectivity index (χ1v) is 10.2. The van der Waals surface area contributed by atoms with E-state index in [1.54, 1.807) is 18.3 Å². The van der Waals surface area contributed by atoms with Crippen LogP contribution in [0.3, 0.4) is 0 Å². The number of anilines is 1. The van der Waals surface area contributed by atoms with Crippen molar-refractivity contribution in [2.45, 2.75) is 24.9 Å². The molecule has 0 saturated carbocycles. The fourth-order valence-electron chi connectivity index (χ4n) is 4.07. The summed E-state index contributed by atoms with van der Waals surface area (Å²) in [4.78, 5) is 14.9. The van der Waals surface area contributed by atoms with Crippen LogP contribution in [0.1, 0.15) is 24.4 Å². The molecule has 0 aliphatic carbocycles. The number of nitrogens with one attached hydrogen (secondary N) is 3. The van der Waals surface area contributed by atoms with Gasteiger partial charge in [-0.2, -0.15) is 5.10 Å². The highest BCUT2D eigenvalue weighted by Crippen LogP contribution is 2.27. The minimum atomic E-state index is -0.622. The van der Waals surface area contributed by atoms with Gasteiger partial charge in [-0.1, -0.05) is 12.1 Å². The number of amides is 1. The predicted molar refractivity (Wildman–Crippen MR) is 112 cm³/mol. The van der Waals surface area contributed by atoms with Crippen LogP contribution in [0.2, 0.25) is 0 Å². The Labute approximate surface area is 173 Å². The molecular weight excluding hydrogens is 388 g/mol. The minimum absolute atomic E-state index is 0.0310. The van der Waals surface area contributed by atoms with Gasteiger partial charge in [0.25, 0.3) is 0 Å². The number of hydrogen-bond acceptors (Lipinski definition) is 4. The zero-order valence-electron chi connectivity index (χ0n) is 16.6. The van der Waals surface area contributed by atoms with Crippen LogP contribution in [0.5, 0.6) is 0 Å². The Bertz CT molecular complexity index is 991. The van der Waals surface area contributed by atoms with Crippen LogP contribution in [0.15, 0.2) is 48.7 Å². The van der Waals surface area contributed by atoms with Crippen molar-refractivity contribution in [3.63, 3.8) is 0 Å². The van der Waals surface area contributed by atoms with Crippen LogP contribution >= 0.6 is 0 Å². The molecule has 8 heteroatoms. The van der Waals surface area contributed by atoms with Gasteiger partial charge in [-0.25, -0.2) is 8.78 Å². The molecule has 30 heavy (non-hydrogen) atoms. The number of piperidine rings is 1. The molecule has 0 radical (unpaired) electrons. The molecule has 2 atom stereocenters. The van der Waals surface area contributed by atoms with Gasteiger partial charge in [-0.3, -0.25) is 14.8 Å². The second-order valence-electron chi connectivity index (χ2n) is 7.58. The molecule has 1 fully saturated rings. The number of rotatable bonds is 7. The van der Waals surface area contributed by atoms with Crippen molar-refractivity contribution < 1.29 is 13.6 Å². The van der Waals surface area contributed by atoms with Gasteiger partial charge >= 0.3 is 0 Å². The van der Waals surface area contributed by atoms with Crippen molar-refractivity contribution in [3.8, 4) is 0 Å². The first-order valence-electron chi connectivity index (χ1n) is 10.2. The van der Waals surface area contributed by atoms with Crippen LogP contribution < -0.4 is 10.6 Å². The standard InChI is InChI=1S/C22H25F2N5O/c23-9-10-25-22(30)21(15-3-5-17(24)6-4-15)29-11-1-2-19(14-29)27-18-7-8-20-16(12-18)13-26-28-20/h3-8,12-13,19,21,27H,1-2,9-11,14H2,(H,25,30)(H,26,28). The summed E-state index contributed by atoms with van der Waals surface area (Å²) in [7, 11) is 0. The van der Waals surface area contributed by atoms with Gasteiger partial charge in [0.05, 0.1) is 11.7 Å². The number of hydrogen-bond donors (Lipinski definition) is 3. The highest BCUT2D eigenvalue weighted by atomic mass is 19.1. The number of likely N-dealkylation sites (tertiary alicyclic amines) is 1. The van der Waals surface area contributed by atoms with E-state index in [0.717, 1.165) is 36.0 Å². The number of benzene rings is 2. The lowest BCUT2D eigenvalue weighted by Crippen LogP contribution is -2.48. The quantitative estimate of drug-likeness (QED) is 0.555. The summed E-state index contributed by atoms with van der Waals surface area (Å²) >= 11 is 0. The Balaban J connectivity index is 1.51. The number of fused-ring (bicyclic) bond motifs is 1. The van der Waals surface area contributed by atoms with Crippen molar-refractivity contribution in [1.82, 2.24) is 20.4 Å². The molecule has 0 bridgehead atoms. The fraction of sp³-hybridized carbons (Fsp3) is 0.364. The second-order valence-corrected chi connectivity index (χ2v) is 7.58. The van der Waals surface area contributed by atoms with E-state index in [1.807, 2.05) is 18.2 Å². The summed E-state index contributed by atoms with van der Waals surface area (Å²) < 4.78 is 26.0. The number of halogens is 2. The monoisotopic (exact) mass is 413 g/mol. The maximum absolute atomic E-state index is 13.4. The molecule has 2 heterocycles. The highest BCUT2D eigenvalue weighted by molar-refractivity contribution is 5.83. The molecule has 6 nitrogen and oxygen atoms in total. The zero-order valence-corrected chi connectivity index (χ0v) is 16.6. The van der Waals surface area contributed by atoms with Gasteiger partial charge in [-0.15, -0.1) is 0 Å². The van der Waals surface area contributed by atoms with Gasteiger partial charge in [0.15, 0.2) is 0 Å². The number of alkyl halides is 1. The zero-order chi connectivity index (χ0) is 20.9. The first kappa shape index (κ1) is 20.3. The molecule has 4 rings (SSSR count).